The second-order valence-electron chi connectivity index (χ2n) is 6.54. The van der Waals surface area contributed by atoms with Crippen molar-refractivity contribution in [2.45, 2.75) is 39.2 Å². The van der Waals surface area contributed by atoms with E-state index in [1.54, 1.807) is 11.8 Å². The van der Waals surface area contributed by atoms with Crippen LogP contribution in [0, 0.1) is 5.92 Å². The number of hydrogen-bond donors (Lipinski definition) is 0. The maximum Gasteiger partial charge on any atom is 0.309 e. The molecule has 0 aromatic heterocycles. The number of rotatable bonds is 6. The Morgan fingerprint density at radius 2 is 1.83 bits per heavy atom. The Hall–Kier alpha value is -1.15. The van der Waals surface area contributed by atoms with Gasteiger partial charge in [0.1, 0.15) is 0 Å². The SMILES string of the molecule is CCOC(=O)C1CCN(CC(=O)N(CC)C2CCS(=O)(=O)C2)CC1. The van der Waals surface area contributed by atoms with Gasteiger partial charge in [0.2, 0.25) is 5.91 Å². The smallest absolute Gasteiger partial charge is 0.309 e. The monoisotopic (exact) mass is 360 g/mol. The molecule has 1 atom stereocenters. The molecule has 2 saturated heterocycles. The molecule has 0 aliphatic carbocycles. The fourth-order valence-electron chi connectivity index (χ4n) is 3.53. The van der Waals surface area contributed by atoms with Crippen LogP contribution in [-0.2, 0) is 24.2 Å². The molecule has 2 aliphatic rings. The number of amides is 1. The van der Waals surface area contributed by atoms with Crippen molar-refractivity contribution in [3.05, 3.63) is 0 Å². The van der Waals surface area contributed by atoms with Crippen molar-refractivity contribution in [2.75, 3.05) is 44.3 Å². The fraction of sp³-hybridized carbons (Fsp3) is 0.875. The number of carbonyl (C=O) groups is 2. The summed E-state index contributed by atoms with van der Waals surface area (Å²) in [7, 11) is -3.00. The summed E-state index contributed by atoms with van der Waals surface area (Å²) in [5.41, 5.74) is 0. The average Bonchev–Trinajstić information content (AvgIpc) is 2.88. The molecule has 138 valence electrons. The summed E-state index contributed by atoms with van der Waals surface area (Å²) in [5.74, 6) is 0.0201. The van der Waals surface area contributed by atoms with Gasteiger partial charge in [0.15, 0.2) is 9.84 Å². The third-order valence-electron chi connectivity index (χ3n) is 4.88. The van der Waals surface area contributed by atoms with Gasteiger partial charge in [0.05, 0.1) is 30.6 Å². The highest BCUT2D eigenvalue weighted by molar-refractivity contribution is 7.91. The second-order valence-corrected chi connectivity index (χ2v) is 8.77. The van der Waals surface area contributed by atoms with Crippen LogP contribution in [0.2, 0.25) is 0 Å². The third-order valence-corrected chi connectivity index (χ3v) is 6.63. The molecule has 2 aliphatic heterocycles. The Morgan fingerprint density at radius 1 is 1.17 bits per heavy atom. The van der Waals surface area contributed by atoms with Gasteiger partial charge in [-0.1, -0.05) is 0 Å². The number of carbonyl (C=O) groups excluding carboxylic acids is 2. The standard InChI is InChI=1S/C16H28N2O5S/c1-3-18(14-7-10-24(21,22)12-14)15(19)11-17-8-5-13(6-9-17)16(20)23-4-2/h13-14H,3-12H2,1-2H3. The van der Waals surface area contributed by atoms with Gasteiger partial charge in [0, 0.05) is 12.6 Å². The molecule has 0 N–H and O–H groups in total. The normalized spacial score (nSPS) is 24.7. The van der Waals surface area contributed by atoms with Crippen molar-refractivity contribution in [1.29, 1.82) is 0 Å². The van der Waals surface area contributed by atoms with E-state index in [9.17, 15) is 18.0 Å². The molecule has 2 rings (SSSR count). The van der Waals surface area contributed by atoms with Crippen LogP contribution >= 0.6 is 0 Å². The lowest BCUT2D eigenvalue weighted by Gasteiger charge is -2.33. The lowest BCUT2D eigenvalue weighted by atomic mass is 9.97. The van der Waals surface area contributed by atoms with Gasteiger partial charge in [-0.25, -0.2) is 8.42 Å². The van der Waals surface area contributed by atoms with Gasteiger partial charge in [-0.05, 0) is 46.2 Å². The highest BCUT2D eigenvalue weighted by atomic mass is 32.2. The summed E-state index contributed by atoms with van der Waals surface area (Å²) in [5, 5.41) is 0. The Labute approximate surface area is 144 Å². The van der Waals surface area contributed by atoms with Crippen LogP contribution in [0.3, 0.4) is 0 Å². The Kier molecular flexibility index (Phi) is 6.62. The van der Waals surface area contributed by atoms with Gasteiger partial charge in [0.25, 0.3) is 0 Å². The lowest BCUT2D eigenvalue weighted by Crippen LogP contribution is -2.48. The molecule has 1 unspecified atom stereocenters. The highest BCUT2D eigenvalue weighted by Gasteiger charge is 2.35. The van der Waals surface area contributed by atoms with Crippen molar-refractivity contribution < 1.29 is 22.7 Å². The van der Waals surface area contributed by atoms with E-state index in [-0.39, 0.29) is 35.3 Å². The molecule has 2 fully saturated rings. The number of ether oxygens (including phenoxy) is 1. The minimum atomic E-state index is -3.00. The van der Waals surface area contributed by atoms with E-state index in [4.69, 9.17) is 4.74 Å². The number of esters is 1. The van der Waals surface area contributed by atoms with Gasteiger partial charge in [-0.2, -0.15) is 0 Å². The van der Waals surface area contributed by atoms with Crippen LogP contribution in [0.25, 0.3) is 0 Å². The first-order valence-corrected chi connectivity index (χ1v) is 10.6. The van der Waals surface area contributed by atoms with Crippen LogP contribution in [0.15, 0.2) is 0 Å². The van der Waals surface area contributed by atoms with E-state index in [0.29, 0.717) is 52.0 Å². The number of nitrogens with zero attached hydrogens (tertiary/aromatic N) is 2. The Balaban J connectivity index is 1.83. The molecule has 0 aromatic carbocycles. The summed E-state index contributed by atoms with van der Waals surface area (Å²) in [4.78, 5) is 28.0. The first kappa shape index (κ1) is 19.2. The van der Waals surface area contributed by atoms with Gasteiger partial charge < -0.3 is 9.64 Å². The molecule has 0 saturated carbocycles. The zero-order valence-electron chi connectivity index (χ0n) is 14.6. The molecule has 1 amide bonds. The summed E-state index contributed by atoms with van der Waals surface area (Å²) in [6.07, 6.45) is 1.94. The highest BCUT2D eigenvalue weighted by Crippen LogP contribution is 2.21. The summed E-state index contributed by atoms with van der Waals surface area (Å²) < 4.78 is 28.3. The third kappa shape index (κ3) is 4.92. The van der Waals surface area contributed by atoms with Gasteiger partial charge in [-0.15, -0.1) is 0 Å². The quantitative estimate of drug-likeness (QED) is 0.634. The molecular weight excluding hydrogens is 332 g/mol. The van der Waals surface area contributed by atoms with Crippen LogP contribution < -0.4 is 0 Å². The zero-order chi connectivity index (χ0) is 17.7. The van der Waals surface area contributed by atoms with E-state index in [2.05, 4.69) is 0 Å². The number of piperidine rings is 1. The van der Waals surface area contributed by atoms with Crippen LogP contribution in [0.5, 0.6) is 0 Å². The second kappa shape index (κ2) is 8.29. The number of sulfone groups is 1. The number of likely N-dealkylation sites (N-methyl/N-ethyl adjacent to an activating group) is 1. The van der Waals surface area contributed by atoms with Crippen LogP contribution in [-0.4, -0.2) is 80.4 Å². The molecule has 0 aromatic rings. The molecule has 0 radical (unpaired) electrons. The van der Waals surface area contributed by atoms with Crippen molar-refractivity contribution in [3.63, 3.8) is 0 Å². The van der Waals surface area contributed by atoms with Gasteiger partial charge >= 0.3 is 5.97 Å². The molecule has 7 nitrogen and oxygen atoms in total. The zero-order valence-corrected chi connectivity index (χ0v) is 15.4. The fourth-order valence-corrected chi connectivity index (χ4v) is 5.26. The Bertz CT molecular complexity index is 555. The van der Waals surface area contributed by atoms with Crippen LogP contribution in [0.4, 0.5) is 0 Å². The van der Waals surface area contributed by atoms with E-state index in [0.717, 1.165) is 0 Å². The largest absolute Gasteiger partial charge is 0.466 e. The van der Waals surface area contributed by atoms with Crippen molar-refractivity contribution >= 4 is 21.7 Å². The Morgan fingerprint density at radius 3 is 2.33 bits per heavy atom. The van der Waals surface area contributed by atoms with E-state index in [1.165, 1.54) is 0 Å². The van der Waals surface area contributed by atoms with Crippen molar-refractivity contribution in [2.24, 2.45) is 5.92 Å². The molecule has 2 heterocycles. The summed E-state index contributed by atoms with van der Waals surface area (Å²) in [6.45, 7) is 6.28. The molecule has 0 bridgehead atoms. The molecular formula is C16H28N2O5S. The summed E-state index contributed by atoms with van der Waals surface area (Å²) >= 11 is 0. The van der Waals surface area contributed by atoms with E-state index >= 15 is 0 Å². The molecule has 24 heavy (non-hydrogen) atoms. The van der Waals surface area contributed by atoms with E-state index in [1.807, 2.05) is 11.8 Å². The number of likely N-dealkylation sites (tertiary alicyclic amines) is 1. The minimum Gasteiger partial charge on any atom is -0.466 e. The van der Waals surface area contributed by atoms with E-state index < -0.39 is 9.84 Å². The first-order chi connectivity index (χ1) is 11.4. The minimum absolute atomic E-state index is 0.0193. The lowest BCUT2D eigenvalue weighted by molar-refractivity contribution is -0.149. The van der Waals surface area contributed by atoms with Crippen molar-refractivity contribution in [3.8, 4) is 0 Å². The topological polar surface area (TPSA) is 84.0 Å². The predicted octanol–water partition coefficient (Wildman–Crippen LogP) is 0.297. The molecule has 0 spiro atoms. The predicted molar refractivity (Wildman–Crippen MR) is 90.2 cm³/mol. The maximum absolute atomic E-state index is 12.6. The maximum atomic E-state index is 12.6. The van der Waals surface area contributed by atoms with Crippen molar-refractivity contribution in [1.82, 2.24) is 9.80 Å². The van der Waals surface area contributed by atoms with Crippen LogP contribution in [0.1, 0.15) is 33.1 Å². The molecule has 8 heteroatoms. The van der Waals surface area contributed by atoms with Gasteiger partial charge in [-0.3, -0.25) is 14.5 Å². The first-order valence-electron chi connectivity index (χ1n) is 8.75. The summed E-state index contributed by atoms with van der Waals surface area (Å²) in [6, 6.07) is -0.190. The number of hydrogen-bond acceptors (Lipinski definition) is 6. The average molecular weight is 360 g/mol.